The van der Waals surface area contributed by atoms with E-state index in [0.717, 1.165) is 5.75 Å². The molecule has 76 valence electrons. The molecule has 1 amide bonds. The van der Waals surface area contributed by atoms with Gasteiger partial charge in [0, 0.05) is 11.7 Å². The van der Waals surface area contributed by atoms with Crippen LogP contribution in [-0.4, -0.2) is 16.8 Å². The number of hydrogen-bond acceptors (Lipinski definition) is 3. The largest absolute Gasteiger partial charge is 0.305 e. The summed E-state index contributed by atoms with van der Waals surface area (Å²) in [5, 5.41) is 10.2. The lowest BCUT2D eigenvalue weighted by atomic mass is 10.2. The third-order valence-corrected chi connectivity index (χ3v) is 2.55. The van der Waals surface area contributed by atoms with E-state index in [0.29, 0.717) is 5.92 Å². The van der Waals surface area contributed by atoms with Crippen molar-refractivity contribution in [3.05, 3.63) is 0 Å². The zero-order chi connectivity index (χ0) is 10.4. The van der Waals surface area contributed by atoms with Crippen molar-refractivity contribution in [2.24, 2.45) is 11.8 Å². The molecule has 0 saturated heterocycles. The Morgan fingerprint density at radius 3 is 2.31 bits per heavy atom. The second kappa shape index (κ2) is 6.02. The van der Waals surface area contributed by atoms with Gasteiger partial charge >= 0.3 is 0 Å². The third-order valence-electron chi connectivity index (χ3n) is 1.32. The van der Waals surface area contributed by atoms with E-state index in [-0.39, 0.29) is 17.0 Å². The average molecular weight is 202 g/mol. The fraction of sp³-hybridized carbons (Fsp3) is 0.778. The highest BCUT2D eigenvalue weighted by Crippen LogP contribution is 2.07. The molecule has 0 bridgehead atoms. The van der Waals surface area contributed by atoms with Gasteiger partial charge in [0.1, 0.15) is 0 Å². The van der Waals surface area contributed by atoms with Gasteiger partial charge in [-0.15, -0.1) is 0 Å². The molecule has 0 saturated carbocycles. The fourth-order valence-electron chi connectivity index (χ4n) is 0.542. The van der Waals surface area contributed by atoms with Crippen molar-refractivity contribution < 1.29 is 4.79 Å². The molecular weight excluding hydrogens is 184 g/mol. The standard InChI is InChI=1S/C9H18N2OS/c1-6(2)5-13-9(10)11-8(12)7(3)4/h6-7H,5H2,1-4H3,(H2,10,11,12). The molecule has 0 unspecified atom stereocenters. The van der Waals surface area contributed by atoms with Crippen LogP contribution in [0.25, 0.3) is 0 Å². The highest BCUT2D eigenvalue weighted by Gasteiger charge is 2.09. The molecule has 0 atom stereocenters. The van der Waals surface area contributed by atoms with E-state index >= 15 is 0 Å². The van der Waals surface area contributed by atoms with Crippen LogP contribution in [0, 0.1) is 17.2 Å². The summed E-state index contributed by atoms with van der Waals surface area (Å²) in [5.74, 6) is 1.28. The summed E-state index contributed by atoms with van der Waals surface area (Å²) < 4.78 is 0. The Hall–Kier alpha value is -0.510. The normalized spacial score (nSPS) is 10.6. The summed E-state index contributed by atoms with van der Waals surface area (Å²) in [7, 11) is 0. The number of amidine groups is 1. The number of amides is 1. The molecule has 0 rings (SSSR count). The van der Waals surface area contributed by atoms with Crippen molar-refractivity contribution >= 4 is 22.8 Å². The van der Waals surface area contributed by atoms with E-state index in [9.17, 15) is 4.79 Å². The Balaban J connectivity index is 3.69. The van der Waals surface area contributed by atoms with Crippen molar-refractivity contribution in [3.63, 3.8) is 0 Å². The molecule has 0 radical (unpaired) electrons. The van der Waals surface area contributed by atoms with Crippen LogP contribution in [-0.2, 0) is 4.79 Å². The van der Waals surface area contributed by atoms with Crippen molar-refractivity contribution in [2.75, 3.05) is 5.75 Å². The highest BCUT2D eigenvalue weighted by molar-refractivity contribution is 8.13. The Kier molecular flexibility index (Phi) is 5.79. The SMILES string of the molecule is CC(C)CSC(=N)NC(=O)C(C)C. The summed E-state index contributed by atoms with van der Waals surface area (Å²) in [6, 6.07) is 0. The molecule has 0 aromatic carbocycles. The predicted molar refractivity (Wildman–Crippen MR) is 58.0 cm³/mol. The smallest absolute Gasteiger partial charge is 0.228 e. The van der Waals surface area contributed by atoms with Gasteiger partial charge in [0.15, 0.2) is 5.17 Å². The molecule has 0 aromatic heterocycles. The summed E-state index contributed by atoms with van der Waals surface area (Å²) in [5.41, 5.74) is 0. The van der Waals surface area contributed by atoms with Crippen LogP contribution in [0.5, 0.6) is 0 Å². The van der Waals surface area contributed by atoms with Gasteiger partial charge in [0.25, 0.3) is 0 Å². The predicted octanol–water partition coefficient (Wildman–Crippen LogP) is 2.08. The first-order valence-corrected chi connectivity index (χ1v) is 5.44. The van der Waals surface area contributed by atoms with Gasteiger partial charge in [-0.05, 0) is 5.92 Å². The van der Waals surface area contributed by atoms with Crippen LogP contribution < -0.4 is 5.32 Å². The maximum atomic E-state index is 11.1. The van der Waals surface area contributed by atoms with Gasteiger partial charge in [-0.2, -0.15) is 0 Å². The first-order valence-electron chi connectivity index (χ1n) is 4.45. The molecule has 0 aliphatic heterocycles. The minimum atomic E-state index is -0.0822. The maximum absolute atomic E-state index is 11.1. The van der Waals surface area contributed by atoms with Gasteiger partial charge in [0.05, 0.1) is 0 Å². The van der Waals surface area contributed by atoms with Gasteiger partial charge in [0.2, 0.25) is 5.91 Å². The number of thioether (sulfide) groups is 1. The minimum Gasteiger partial charge on any atom is -0.305 e. The molecule has 0 aromatic rings. The van der Waals surface area contributed by atoms with Crippen LogP contribution in [0.4, 0.5) is 0 Å². The summed E-state index contributed by atoms with van der Waals surface area (Å²) in [6.07, 6.45) is 0. The summed E-state index contributed by atoms with van der Waals surface area (Å²) >= 11 is 1.38. The molecule has 0 heterocycles. The van der Waals surface area contributed by atoms with Gasteiger partial charge < -0.3 is 5.32 Å². The highest BCUT2D eigenvalue weighted by atomic mass is 32.2. The van der Waals surface area contributed by atoms with E-state index in [1.807, 2.05) is 13.8 Å². The van der Waals surface area contributed by atoms with E-state index < -0.39 is 0 Å². The van der Waals surface area contributed by atoms with E-state index in [4.69, 9.17) is 5.41 Å². The van der Waals surface area contributed by atoms with Gasteiger partial charge in [-0.25, -0.2) is 0 Å². The van der Waals surface area contributed by atoms with E-state index in [1.54, 1.807) is 0 Å². The Morgan fingerprint density at radius 1 is 1.38 bits per heavy atom. The molecule has 3 nitrogen and oxygen atoms in total. The van der Waals surface area contributed by atoms with Crippen molar-refractivity contribution in [1.82, 2.24) is 5.32 Å². The monoisotopic (exact) mass is 202 g/mol. The lowest BCUT2D eigenvalue weighted by Gasteiger charge is -2.09. The van der Waals surface area contributed by atoms with Gasteiger partial charge in [-0.1, -0.05) is 39.5 Å². The number of rotatable bonds is 3. The number of nitrogens with one attached hydrogen (secondary N) is 2. The second-order valence-electron chi connectivity index (χ2n) is 3.68. The maximum Gasteiger partial charge on any atom is 0.228 e. The Bertz CT molecular complexity index is 190. The zero-order valence-electron chi connectivity index (χ0n) is 8.68. The molecule has 0 spiro atoms. The Morgan fingerprint density at radius 2 is 1.92 bits per heavy atom. The zero-order valence-corrected chi connectivity index (χ0v) is 9.49. The average Bonchev–Trinajstić information content (AvgIpc) is 2.00. The van der Waals surface area contributed by atoms with E-state index in [2.05, 4.69) is 19.2 Å². The number of hydrogen-bond donors (Lipinski definition) is 2. The molecule has 0 fully saturated rings. The number of carbonyl (C=O) groups is 1. The quantitative estimate of drug-likeness (QED) is 0.544. The van der Waals surface area contributed by atoms with Crippen LogP contribution in [0.2, 0.25) is 0 Å². The van der Waals surface area contributed by atoms with Crippen LogP contribution in [0.1, 0.15) is 27.7 Å². The first-order chi connectivity index (χ1) is 5.93. The first kappa shape index (κ1) is 12.5. The van der Waals surface area contributed by atoms with E-state index in [1.165, 1.54) is 11.8 Å². The molecule has 2 N–H and O–H groups in total. The molecule has 13 heavy (non-hydrogen) atoms. The lowest BCUT2D eigenvalue weighted by molar-refractivity contribution is -0.122. The molecule has 4 heteroatoms. The van der Waals surface area contributed by atoms with Crippen LogP contribution in [0.15, 0.2) is 0 Å². The van der Waals surface area contributed by atoms with Crippen LogP contribution >= 0.6 is 11.8 Å². The fourth-order valence-corrected chi connectivity index (χ4v) is 1.22. The molecule has 0 aliphatic rings. The third kappa shape index (κ3) is 6.63. The van der Waals surface area contributed by atoms with Crippen molar-refractivity contribution in [3.8, 4) is 0 Å². The topological polar surface area (TPSA) is 53.0 Å². The van der Waals surface area contributed by atoms with Gasteiger partial charge in [-0.3, -0.25) is 10.2 Å². The number of carbonyl (C=O) groups excluding carboxylic acids is 1. The second-order valence-corrected chi connectivity index (χ2v) is 4.71. The summed E-state index contributed by atoms with van der Waals surface area (Å²) in [4.78, 5) is 11.1. The van der Waals surface area contributed by atoms with Crippen LogP contribution in [0.3, 0.4) is 0 Å². The molecule has 0 aliphatic carbocycles. The molecular formula is C9H18N2OS. The van der Waals surface area contributed by atoms with Crippen molar-refractivity contribution in [2.45, 2.75) is 27.7 Å². The summed E-state index contributed by atoms with van der Waals surface area (Å²) in [6.45, 7) is 7.81. The van der Waals surface area contributed by atoms with Crippen molar-refractivity contribution in [1.29, 1.82) is 5.41 Å². The Labute approximate surface area is 84.2 Å². The minimum absolute atomic E-state index is 0.0556. The lowest BCUT2D eigenvalue weighted by Crippen LogP contribution is -2.31.